The molecule has 1 aliphatic heterocycles. The van der Waals surface area contributed by atoms with Crippen LogP contribution in [0, 0.1) is 11.3 Å². The average Bonchev–Trinajstić information content (AvgIpc) is 2.34. The highest BCUT2D eigenvalue weighted by molar-refractivity contribution is 5.75. The van der Waals surface area contributed by atoms with Crippen molar-refractivity contribution in [2.75, 3.05) is 0 Å². The second-order valence-corrected chi connectivity index (χ2v) is 4.09. The van der Waals surface area contributed by atoms with Crippen LogP contribution < -0.4 is 5.32 Å². The summed E-state index contributed by atoms with van der Waals surface area (Å²) in [5.74, 6) is 0.679. The number of amidine groups is 1. The molecular weight excluding hydrogens is 164 g/mol. The molecule has 4 N–H and O–H groups in total. The van der Waals surface area contributed by atoms with E-state index in [-0.39, 0.29) is 5.92 Å². The second-order valence-electron chi connectivity index (χ2n) is 4.09. The molecule has 1 rings (SSSR count). The first kappa shape index (κ1) is 10.7. The van der Waals surface area contributed by atoms with Gasteiger partial charge in [-0.25, -0.2) is 0 Å². The molecule has 1 aliphatic rings. The largest absolute Gasteiger partial charge is 0.380 e. The van der Waals surface area contributed by atoms with Crippen molar-refractivity contribution in [1.82, 2.24) is 0 Å². The van der Waals surface area contributed by atoms with Gasteiger partial charge in [-0.3, -0.25) is 10.7 Å². The normalized spacial score (nSPS) is 34.1. The van der Waals surface area contributed by atoms with Crippen molar-refractivity contribution < 1.29 is 10.4 Å². The summed E-state index contributed by atoms with van der Waals surface area (Å²) in [6.07, 6.45) is 4.35. The van der Waals surface area contributed by atoms with Gasteiger partial charge < -0.3 is 5.11 Å². The highest BCUT2D eigenvalue weighted by Crippen LogP contribution is 2.16. The van der Waals surface area contributed by atoms with E-state index < -0.39 is 6.10 Å². The predicted molar refractivity (Wildman–Crippen MR) is 52.8 cm³/mol. The highest BCUT2D eigenvalue weighted by atomic mass is 16.3. The van der Waals surface area contributed by atoms with E-state index in [1.807, 2.05) is 12.2 Å². The van der Waals surface area contributed by atoms with Crippen LogP contribution in [0.15, 0.2) is 0 Å². The standard InChI is InChI=1S/C10H20N2O/c1-3-4-5-6-8-7(2)9(13)10(11)12-8/h7-9,13H,3-6H2,1-2H3,(H2,11,12)/p+1/t7-,8+,9-/m0/s1. The summed E-state index contributed by atoms with van der Waals surface area (Å²) >= 11 is 0. The summed E-state index contributed by atoms with van der Waals surface area (Å²) in [6.45, 7) is 4.23. The molecule has 0 aromatic heterocycles. The first-order chi connectivity index (χ1) is 6.16. The Morgan fingerprint density at radius 2 is 2.15 bits per heavy atom. The molecule has 1 fully saturated rings. The Hall–Kier alpha value is -0.410. The maximum atomic E-state index is 9.54. The minimum absolute atomic E-state index is 0.254. The number of hydrogen-bond acceptors (Lipinski definition) is 2. The summed E-state index contributed by atoms with van der Waals surface area (Å²) in [5.41, 5.74) is 0. The van der Waals surface area contributed by atoms with E-state index in [4.69, 9.17) is 5.41 Å². The van der Waals surface area contributed by atoms with Gasteiger partial charge in [0.2, 0.25) is 5.84 Å². The summed E-state index contributed by atoms with van der Waals surface area (Å²) in [5, 5.41) is 19.0. The Balaban J connectivity index is 2.31. The number of nitrogens with two attached hydrogens (primary N) is 1. The first-order valence-corrected chi connectivity index (χ1v) is 5.28. The molecule has 3 heteroatoms. The van der Waals surface area contributed by atoms with Crippen LogP contribution in [-0.4, -0.2) is 23.1 Å². The van der Waals surface area contributed by atoms with Gasteiger partial charge in [-0.15, -0.1) is 0 Å². The Morgan fingerprint density at radius 3 is 2.62 bits per heavy atom. The molecule has 76 valence electrons. The van der Waals surface area contributed by atoms with Crippen molar-refractivity contribution in [2.24, 2.45) is 5.92 Å². The molecule has 0 aliphatic carbocycles. The van der Waals surface area contributed by atoms with Crippen LogP contribution in [0.25, 0.3) is 0 Å². The zero-order chi connectivity index (χ0) is 9.84. The molecule has 0 aromatic rings. The molecule has 1 heterocycles. The fourth-order valence-electron chi connectivity index (χ4n) is 1.97. The van der Waals surface area contributed by atoms with E-state index in [1.54, 1.807) is 0 Å². The Morgan fingerprint density at radius 1 is 1.46 bits per heavy atom. The van der Waals surface area contributed by atoms with E-state index in [0.717, 1.165) is 6.42 Å². The third-order valence-corrected chi connectivity index (χ3v) is 3.03. The van der Waals surface area contributed by atoms with Gasteiger partial charge in [0.1, 0.15) is 0 Å². The van der Waals surface area contributed by atoms with E-state index in [1.165, 1.54) is 19.3 Å². The van der Waals surface area contributed by atoms with E-state index >= 15 is 0 Å². The number of aliphatic hydroxyl groups excluding tert-OH is 1. The molecular formula is C10H21N2O+. The molecule has 3 atom stereocenters. The Kier molecular flexibility index (Phi) is 3.88. The molecule has 0 amide bonds. The quantitative estimate of drug-likeness (QED) is 0.548. The van der Waals surface area contributed by atoms with Crippen LogP contribution in [0.3, 0.4) is 0 Å². The van der Waals surface area contributed by atoms with Gasteiger partial charge in [0.15, 0.2) is 6.10 Å². The monoisotopic (exact) mass is 185 g/mol. The topological polar surface area (TPSA) is 60.7 Å². The van der Waals surface area contributed by atoms with Crippen LogP contribution in [0.2, 0.25) is 0 Å². The maximum absolute atomic E-state index is 9.54. The van der Waals surface area contributed by atoms with Gasteiger partial charge in [-0.05, 0) is 6.42 Å². The minimum Gasteiger partial charge on any atom is -0.380 e. The summed E-state index contributed by atoms with van der Waals surface area (Å²) in [7, 11) is 0. The number of rotatable bonds is 4. The number of quaternary nitrogens is 1. The van der Waals surface area contributed by atoms with Crippen LogP contribution in [0.4, 0.5) is 0 Å². The Bertz CT molecular complexity index is 182. The molecule has 1 saturated heterocycles. The van der Waals surface area contributed by atoms with Gasteiger partial charge in [0.25, 0.3) is 0 Å². The van der Waals surface area contributed by atoms with Gasteiger partial charge in [0, 0.05) is 12.3 Å². The average molecular weight is 185 g/mol. The molecule has 0 saturated carbocycles. The predicted octanol–water partition coefficient (Wildman–Crippen LogP) is 0.487. The summed E-state index contributed by atoms with van der Waals surface area (Å²) in [6, 6.07) is 0.439. The number of hydrogen-bond donors (Lipinski definition) is 3. The van der Waals surface area contributed by atoms with Crippen molar-refractivity contribution in [3.05, 3.63) is 0 Å². The van der Waals surface area contributed by atoms with Crippen LogP contribution in [-0.2, 0) is 0 Å². The van der Waals surface area contributed by atoms with Crippen LogP contribution in [0.1, 0.15) is 39.5 Å². The SMILES string of the molecule is CCCCC[C@H]1[NH2+]C(=N)[C@@H](O)[C@H]1C. The van der Waals surface area contributed by atoms with Gasteiger partial charge in [0.05, 0.1) is 6.04 Å². The number of aliphatic hydroxyl groups is 1. The zero-order valence-electron chi connectivity index (χ0n) is 8.59. The van der Waals surface area contributed by atoms with Gasteiger partial charge in [-0.2, -0.15) is 0 Å². The first-order valence-electron chi connectivity index (χ1n) is 5.28. The van der Waals surface area contributed by atoms with Crippen molar-refractivity contribution in [1.29, 1.82) is 5.41 Å². The van der Waals surface area contributed by atoms with Gasteiger partial charge >= 0.3 is 0 Å². The lowest BCUT2D eigenvalue weighted by molar-refractivity contribution is -0.576. The minimum atomic E-state index is -0.508. The van der Waals surface area contributed by atoms with E-state index in [0.29, 0.717) is 11.9 Å². The third kappa shape index (κ3) is 2.51. The fraction of sp³-hybridized carbons (Fsp3) is 0.900. The molecule has 0 unspecified atom stereocenters. The summed E-state index contributed by atoms with van der Waals surface area (Å²) < 4.78 is 0. The second kappa shape index (κ2) is 4.72. The molecule has 0 radical (unpaired) electrons. The van der Waals surface area contributed by atoms with Crippen molar-refractivity contribution >= 4 is 5.84 Å². The molecule has 3 nitrogen and oxygen atoms in total. The fourth-order valence-corrected chi connectivity index (χ4v) is 1.97. The van der Waals surface area contributed by atoms with Crippen LogP contribution >= 0.6 is 0 Å². The maximum Gasteiger partial charge on any atom is 0.222 e. The lowest BCUT2D eigenvalue weighted by Crippen LogP contribution is -2.90. The lowest BCUT2D eigenvalue weighted by Gasteiger charge is -2.11. The Labute approximate surface area is 80.0 Å². The van der Waals surface area contributed by atoms with Crippen molar-refractivity contribution in [3.8, 4) is 0 Å². The smallest absolute Gasteiger partial charge is 0.222 e. The van der Waals surface area contributed by atoms with Crippen molar-refractivity contribution in [2.45, 2.75) is 51.7 Å². The lowest BCUT2D eigenvalue weighted by atomic mass is 9.96. The van der Waals surface area contributed by atoms with E-state index in [2.05, 4.69) is 6.92 Å². The highest BCUT2D eigenvalue weighted by Gasteiger charge is 2.39. The zero-order valence-corrected chi connectivity index (χ0v) is 8.59. The molecule has 13 heavy (non-hydrogen) atoms. The number of nitrogens with one attached hydrogen (secondary N) is 1. The number of unbranched alkanes of at least 4 members (excludes halogenated alkanes) is 2. The summed E-state index contributed by atoms with van der Waals surface area (Å²) in [4.78, 5) is 0. The van der Waals surface area contributed by atoms with Crippen molar-refractivity contribution in [3.63, 3.8) is 0 Å². The molecule has 0 bridgehead atoms. The molecule has 0 aromatic carbocycles. The molecule has 0 spiro atoms. The van der Waals surface area contributed by atoms with E-state index in [9.17, 15) is 5.11 Å². The third-order valence-electron chi connectivity index (χ3n) is 3.03. The van der Waals surface area contributed by atoms with Crippen LogP contribution in [0.5, 0.6) is 0 Å². The van der Waals surface area contributed by atoms with Gasteiger partial charge in [-0.1, -0.05) is 26.7 Å².